The number of halogens is 2. The minimum atomic E-state index is 0. The number of benzene rings is 1. The second-order valence-electron chi connectivity index (χ2n) is 7.47. The summed E-state index contributed by atoms with van der Waals surface area (Å²) in [5.74, 6) is 0.831. The van der Waals surface area contributed by atoms with E-state index in [1.54, 1.807) is 11.8 Å². The first kappa shape index (κ1) is 23.5. The lowest BCUT2D eigenvalue weighted by Gasteiger charge is -2.23. The Kier molecular flexibility index (Phi) is 8.00. The van der Waals surface area contributed by atoms with Gasteiger partial charge in [0.05, 0.1) is 11.3 Å². The van der Waals surface area contributed by atoms with Crippen molar-refractivity contribution in [2.45, 2.75) is 24.0 Å². The Morgan fingerprint density at radius 1 is 1.21 bits per heavy atom. The molecule has 1 aliphatic rings. The summed E-state index contributed by atoms with van der Waals surface area (Å²) in [5, 5.41) is 0. The maximum Gasteiger partial charge on any atom is 0.255 e. The molecular formula is C21H26Cl2N4OS. The lowest BCUT2D eigenvalue weighted by atomic mass is 9.90. The van der Waals surface area contributed by atoms with Crippen LogP contribution in [0.5, 0.6) is 0 Å². The van der Waals surface area contributed by atoms with Crippen molar-refractivity contribution in [3.63, 3.8) is 0 Å². The molecule has 8 heteroatoms. The molecule has 2 aromatic heterocycles. The largest absolute Gasteiger partial charge is 0.338 e. The summed E-state index contributed by atoms with van der Waals surface area (Å²) in [7, 11) is 0. The van der Waals surface area contributed by atoms with E-state index in [9.17, 15) is 4.79 Å². The van der Waals surface area contributed by atoms with Crippen molar-refractivity contribution >= 4 is 48.1 Å². The Labute approximate surface area is 187 Å². The molecule has 0 aliphatic carbocycles. The van der Waals surface area contributed by atoms with Gasteiger partial charge in [0, 0.05) is 36.1 Å². The Morgan fingerprint density at radius 2 is 1.97 bits per heavy atom. The van der Waals surface area contributed by atoms with E-state index in [0.717, 1.165) is 47.1 Å². The normalized spacial score (nSPS) is 18.3. The van der Waals surface area contributed by atoms with Crippen molar-refractivity contribution in [1.29, 1.82) is 0 Å². The summed E-state index contributed by atoms with van der Waals surface area (Å²) in [5.41, 5.74) is 8.64. The van der Waals surface area contributed by atoms with Crippen molar-refractivity contribution in [1.82, 2.24) is 14.3 Å². The fourth-order valence-corrected chi connectivity index (χ4v) is 4.44. The summed E-state index contributed by atoms with van der Waals surface area (Å²) < 4.78 is 2.02. The molecule has 156 valence electrons. The summed E-state index contributed by atoms with van der Waals surface area (Å²) in [6, 6.07) is 13.8. The van der Waals surface area contributed by atoms with Gasteiger partial charge in [0.25, 0.3) is 5.91 Å². The number of aromatic nitrogens is 2. The van der Waals surface area contributed by atoms with Crippen molar-refractivity contribution < 1.29 is 4.79 Å². The Hall–Kier alpha value is -1.73. The van der Waals surface area contributed by atoms with E-state index in [1.807, 2.05) is 64.2 Å². The highest BCUT2D eigenvalue weighted by Crippen LogP contribution is 2.32. The number of pyridine rings is 1. The molecule has 0 spiro atoms. The van der Waals surface area contributed by atoms with Crippen LogP contribution in [0, 0.1) is 5.41 Å². The molecule has 2 N–H and O–H groups in total. The van der Waals surface area contributed by atoms with Gasteiger partial charge < -0.3 is 15.0 Å². The number of nitrogens with zero attached hydrogens (tertiary/aromatic N) is 3. The standard InChI is InChI=1S/C21H24N4OS.2ClH/c1-21(14-22)9-11-25(15-21)20(26)17-6-2-3-7-18(17)27-13-16-12-24-10-5-4-8-19(24)23-16;;/h2-8,10,12H,9,11,13-15,22H2,1H3;2*1H. The highest BCUT2D eigenvalue weighted by atomic mass is 35.5. The second-order valence-corrected chi connectivity index (χ2v) is 8.49. The molecule has 1 atom stereocenters. The molecule has 1 aromatic carbocycles. The predicted molar refractivity (Wildman–Crippen MR) is 123 cm³/mol. The average Bonchev–Trinajstić information content (AvgIpc) is 3.30. The fourth-order valence-electron chi connectivity index (χ4n) is 3.51. The number of hydrogen-bond donors (Lipinski definition) is 1. The third-order valence-corrected chi connectivity index (χ3v) is 6.35. The van der Waals surface area contributed by atoms with Gasteiger partial charge in [-0.3, -0.25) is 4.79 Å². The lowest BCUT2D eigenvalue weighted by molar-refractivity contribution is 0.0773. The molecule has 1 unspecified atom stereocenters. The highest BCUT2D eigenvalue weighted by molar-refractivity contribution is 7.98. The van der Waals surface area contributed by atoms with E-state index < -0.39 is 0 Å². The van der Waals surface area contributed by atoms with Gasteiger partial charge in [0.15, 0.2) is 0 Å². The molecule has 0 bridgehead atoms. The van der Waals surface area contributed by atoms with Gasteiger partial charge in [0.1, 0.15) is 5.65 Å². The first-order chi connectivity index (χ1) is 13.1. The molecule has 0 radical (unpaired) electrons. The third-order valence-electron chi connectivity index (χ3n) is 5.24. The molecule has 3 aromatic rings. The zero-order valence-electron chi connectivity index (χ0n) is 16.3. The van der Waals surface area contributed by atoms with Crippen LogP contribution in [-0.2, 0) is 5.75 Å². The quantitative estimate of drug-likeness (QED) is 0.586. The van der Waals surface area contributed by atoms with Gasteiger partial charge in [-0.1, -0.05) is 25.1 Å². The number of amides is 1. The van der Waals surface area contributed by atoms with E-state index in [2.05, 4.69) is 11.9 Å². The van der Waals surface area contributed by atoms with Gasteiger partial charge in [-0.25, -0.2) is 4.98 Å². The highest BCUT2D eigenvalue weighted by Gasteiger charge is 2.35. The van der Waals surface area contributed by atoms with Gasteiger partial charge in [-0.05, 0) is 42.6 Å². The summed E-state index contributed by atoms with van der Waals surface area (Å²) in [6.45, 7) is 4.27. The van der Waals surface area contributed by atoms with Crippen LogP contribution in [0.2, 0.25) is 0 Å². The number of likely N-dealkylation sites (tertiary alicyclic amines) is 1. The van der Waals surface area contributed by atoms with Crippen LogP contribution in [-0.4, -0.2) is 39.8 Å². The van der Waals surface area contributed by atoms with E-state index in [4.69, 9.17) is 5.73 Å². The van der Waals surface area contributed by atoms with Crippen LogP contribution in [0.1, 0.15) is 29.4 Å². The van der Waals surface area contributed by atoms with E-state index >= 15 is 0 Å². The smallest absolute Gasteiger partial charge is 0.255 e. The van der Waals surface area contributed by atoms with Gasteiger partial charge in [-0.15, -0.1) is 36.6 Å². The number of imidazole rings is 1. The third kappa shape index (κ3) is 5.07. The Balaban J connectivity index is 0.00000150. The monoisotopic (exact) mass is 452 g/mol. The summed E-state index contributed by atoms with van der Waals surface area (Å²) in [6.07, 6.45) is 5.00. The number of carbonyl (C=O) groups is 1. The zero-order valence-corrected chi connectivity index (χ0v) is 18.7. The lowest BCUT2D eigenvalue weighted by Crippen LogP contribution is -2.34. The number of fused-ring (bicyclic) bond motifs is 1. The molecule has 0 saturated carbocycles. The topological polar surface area (TPSA) is 63.6 Å². The number of rotatable bonds is 5. The van der Waals surface area contributed by atoms with E-state index in [-0.39, 0.29) is 36.1 Å². The van der Waals surface area contributed by atoms with Crippen molar-refractivity contribution in [2.75, 3.05) is 19.6 Å². The van der Waals surface area contributed by atoms with Crippen molar-refractivity contribution in [2.24, 2.45) is 11.1 Å². The maximum atomic E-state index is 13.1. The van der Waals surface area contributed by atoms with Crippen LogP contribution in [0.3, 0.4) is 0 Å². The Bertz CT molecular complexity index is 947. The number of thioether (sulfide) groups is 1. The zero-order chi connectivity index (χ0) is 18.9. The van der Waals surface area contributed by atoms with Crippen LogP contribution in [0.25, 0.3) is 5.65 Å². The molecular weight excluding hydrogens is 427 g/mol. The molecule has 1 amide bonds. The molecule has 1 fully saturated rings. The average molecular weight is 453 g/mol. The van der Waals surface area contributed by atoms with Gasteiger partial charge in [-0.2, -0.15) is 0 Å². The number of carbonyl (C=O) groups excluding carboxylic acids is 1. The molecule has 3 heterocycles. The molecule has 4 rings (SSSR count). The minimum absolute atomic E-state index is 0. The fraction of sp³-hybridized carbons (Fsp3) is 0.333. The molecule has 29 heavy (non-hydrogen) atoms. The van der Waals surface area contributed by atoms with Crippen LogP contribution in [0.15, 0.2) is 59.8 Å². The number of hydrogen-bond acceptors (Lipinski definition) is 4. The minimum Gasteiger partial charge on any atom is -0.338 e. The summed E-state index contributed by atoms with van der Waals surface area (Å²) in [4.78, 5) is 20.7. The van der Waals surface area contributed by atoms with E-state index in [0.29, 0.717) is 6.54 Å². The van der Waals surface area contributed by atoms with Crippen molar-refractivity contribution in [3.8, 4) is 0 Å². The first-order valence-corrected chi connectivity index (χ1v) is 10.2. The SMILES string of the molecule is CC1(CN)CCN(C(=O)c2ccccc2SCc2cn3ccccc3n2)C1.Cl.Cl. The second kappa shape index (κ2) is 9.85. The van der Waals surface area contributed by atoms with E-state index in [1.165, 1.54) is 0 Å². The molecule has 1 aliphatic heterocycles. The molecule has 1 saturated heterocycles. The molecule has 5 nitrogen and oxygen atoms in total. The van der Waals surface area contributed by atoms with Crippen LogP contribution in [0.4, 0.5) is 0 Å². The first-order valence-electron chi connectivity index (χ1n) is 9.22. The van der Waals surface area contributed by atoms with Crippen LogP contribution >= 0.6 is 36.6 Å². The Morgan fingerprint density at radius 3 is 2.69 bits per heavy atom. The van der Waals surface area contributed by atoms with Gasteiger partial charge >= 0.3 is 0 Å². The van der Waals surface area contributed by atoms with Crippen LogP contribution < -0.4 is 5.73 Å². The maximum absolute atomic E-state index is 13.1. The predicted octanol–water partition coefficient (Wildman–Crippen LogP) is 4.28. The number of nitrogens with two attached hydrogens (primary N) is 1. The summed E-state index contributed by atoms with van der Waals surface area (Å²) >= 11 is 1.66. The van der Waals surface area contributed by atoms with Gasteiger partial charge in [0.2, 0.25) is 0 Å². The van der Waals surface area contributed by atoms with Crippen molar-refractivity contribution in [3.05, 3.63) is 66.1 Å².